The molecule has 2 aromatic carbocycles. The molecule has 6 heteroatoms. The van der Waals surface area contributed by atoms with Crippen LogP contribution in [0.25, 0.3) is 0 Å². The van der Waals surface area contributed by atoms with Crippen LogP contribution in [0.15, 0.2) is 42.5 Å². The number of anilines is 1. The lowest BCUT2D eigenvalue weighted by Crippen LogP contribution is -2.22. The van der Waals surface area contributed by atoms with Crippen LogP contribution in [0, 0.1) is 11.6 Å². The molecule has 0 spiro atoms. The number of carboxylic acids is 1. The van der Waals surface area contributed by atoms with Crippen molar-refractivity contribution in [2.75, 3.05) is 5.32 Å². The maximum absolute atomic E-state index is 13.8. The van der Waals surface area contributed by atoms with Crippen LogP contribution in [0.4, 0.5) is 14.5 Å². The summed E-state index contributed by atoms with van der Waals surface area (Å²) in [7, 11) is 0. The SMILES string of the molecule is O=C(O)C(Nc1ccc(F)cc1)c1c(F)cccc1Cl. The van der Waals surface area contributed by atoms with Gasteiger partial charge in [-0.15, -0.1) is 0 Å². The summed E-state index contributed by atoms with van der Waals surface area (Å²) < 4.78 is 26.6. The quantitative estimate of drug-likeness (QED) is 0.901. The molecule has 20 heavy (non-hydrogen) atoms. The smallest absolute Gasteiger partial charge is 0.330 e. The third-order valence-corrected chi connectivity index (χ3v) is 3.02. The maximum atomic E-state index is 13.8. The van der Waals surface area contributed by atoms with Gasteiger partial charge in [0, 0.05) is 16.3 Å². The molecule has 0 saturated carbocycles. The van der Waals surface area contributed by atoms with Crippen LogP contribution in [0.1, 0.15) is 11.6 Å². The zero-order chi connectivity index (χ0) is 14.7. The number of hydrogen-bond acceptors (Lipinski definition) is 2. The summed E-state index contributed by atoms with van der Waals surface area (Å²) in [5.41, 5.74) is 0.184. The Morgan fingerprint density at radius 2 is 1.80 bits per heavy atom. The van der Waals surface area contributed by atoms with Crippen molar-refractivity contribution < 1.29 is 18.7 Å². The largest absolute Gasteiger partial charge is 0.479 e. The first kappa shape index (κ1) is 14.3. The van der Waals surface area contributed by atoms with Crippen molar-refractivity contribution in [3.05, 3.63) is 64.7 Å². The first-order chi connectivity index (χ1) is 9.49. The fraction of sp³-hybridized carbons (Fsp3) is 0.0714. The first-order valence-electron chi connectivity index (χ1n) is 5.68. The van der Waals surface area contributed by atoms with E-state index in [1.807, 2.05) is 0 Å². The Morgan fingerprint density at radius 3 is 2.35 bits per heavy atom. The van der Waals surface area contributed by atoms with Crippen LogP contribution >= 0.6 is 11.6 Å². The third kappa shape index (κ3) is 3.05. The predicted molar refractivity (Wildman–Crippen MR) is 71.8 cm³/mol. The van der Waals surface area contributed by atoms with Gasteiger partial charge in [-0.2, -0.15) is 0 Å². The van der Waals surface area contributed by atoms with E-state index in [0.29, 0.717) is 5.69 Å². The van der Waals surface area contributed by atoms with Crippen molar-refractivity contribution in [3.8, 4) is 0 Å². The molecular weight excluding hydrogens is 288 g/mol. The number of hydrogen-bond donors (Lipinski definition) is 2. The Morgan fingerprint density at radius 1 is 1.15 bits per heavy atom. The number of halogens is 3. The van der Waals surface area contributed by atoms with Gasteiger partial charge in [0.05, 0.1) is 0 Å². The molecule has 0 saturated heterocycles. The topological polar surface area (TPSA) is 49.3 Å². The average Bonchev–Trinajstić information content (AvgIpc) is 2.39. The molecule has 1 unspecified atom stereocenters. The number of carboxylic acid groups (broad SMARTS) is 1. The Labute approximate surface area is 118 Å². The third-order valence-electron chi connectivity index (χ3n) is 2.69. The van der Waals surface area contributed by atoms with Crippen molar-refractivity contribution in [2.45, 2.75) is 6.04 Å². The van der Waals surface area contributed by atoms with E-state index in [1.165, 1.54) is 36.4 Å². The highest BCUT2D eigenvalue weighted by atomic mass is 35.5. The lowest BCUT2D eigenvalue weighted by Gasteiger charge is -2.18. The van der Waals surface area contributed by atoms with Crippen LogP contribution in [0.2, 0.25) is 5.02 Å². The zero-order valence-corrected chi connectivity index (χ0v) is 10.9. The van der Waals surface area contributed by atoms with Gasteiger partial charge in [0.25, 0.3) is 0 Å². The minimum absolute atomic E-state index is 0.00649. The number of nitrogens with one attached hydrogen (secondary N) is 1. The molecular formula is C14H10ClF2NO2. The van der Waals surface area contributed by atoms with Crippen molar-refractivity contribution >= 4 is 23.3 Å². The van der Waals surface area contributed by atoms with Crippen molar-refractivity contribution in [1.82, 2.24) is 0 Å². The molecule has 1 atom stereocenters. The monoisotopic (exact) mass is 297 g/mol. The highest BCUT2D eigenvalue weighted by molar-refractivity contribution is 6.31. The molecule has 0 fully saturated rings. The fourth-order valence-corrected chi connectivity index (χ4v) is 2.03. The van der Waals surface area contributed by atoms with E-state index in [0.717, 1.165) is 6.07 Å². The summed E-state index contributed by atoms with van der Waals surface area (Å²) in [6.45, 7) is 0. The van der Waals surface area contributed by atoms with Crippen molar-refractivity contribution in [1.29, 1.82) is 0 Å². The second kappa shape index (κ2) is 5.88. The van der Waals surface area contributed by atoms with Gasteiger partial charge in [0.1, 0.15) is 11.6 Å². The van der Waals surface area contributed by atoms with Gasteiger partial charge in [-0.05, 0) is 36.4 Å². The van der Waals surface area contributed by atoms with Crippen molar-refractivity contribution in [3.63, 3.8) is 0 Å². The van der Waals surface area contributed by atoms with Crippen LogP contribution in [-0.2, 0) is 4.79 Å². The Bertz CT molecular complexity index is 611. The van der Waals surface area contributed by atoms with Gasteiger partial charge in [0.15, 0.2) is 6.04 Å². The van der Waals surface area contributed by atoms with Gasteiger partial charge >= 0.3 is 5.97 Å². The van der Waals surface area contributed by atoms with E-state index < -0.39 is 23.6 Å². The summed E-state index contributed by atoms with van der Waals surface area (Å²) >= 11 is 5.86. The molecule has 0 aliphatic carbocycles. The second-order valence-electron chi connectivity index (χ2n) is 4.06. The number of rotatable bonds is 4. The van der Waals surface area contributed by atoms with Gasteiger partial charge in [-0.3, -0.25) is 0 Å². The molecule has 0 aromatic heterocycles. The molecule has 2 N–H and O–H groups in total. The van der Waals surface area contributed by atoms with Crippen LogP contribution in [0.5, 0.6) is 0 Å². The highest BCUT2D eigenvalue weighted by Gasteiger charge is 2.25. The average molecular weight is 298 g/mol. The van der Waals surface area contributed by atoms with E-state index >= 15 is 0 Å². The molecule has 0 amide bonds. The Balaban J connectivity index is 2.37. The highest BCUT2D eigenvalue weighted by Crippen LogP contribution is 2.29. The van der Waals surface area contributed by atoms with E-state index in [2.05, 4.69) is 5.32 Å². The molecule has 104 valence electrons. The first-order valence-corrected chi connectivity index (χ1v) is 6.05. The van der Waals surface area contributed by atoms with Crippen LogP contribution < -0.4 is 5.32 Å². The van der Waals surface area contributed by atoms with Crippen molar-refractivity contribution in [2.24, 2.45) is 0 Å². The normalized spacial score (nSPS) is 11.9. The number of carbonyl (C=O) groups is 1. The van der Waals surface area contributed by atoms with Gasteiger partial charge in [-0.25, -0.2) is 13.6 Å². The second-order valence-corrected chi connectivity index (χ2v) is 4.47. The molecule has 0 radical (unpaired) electrons. The van der Waals surface area contributed by atoms with Crippen LogP contribution in [-0.4, -0.2) is 11.1 Å². The zero-order valence-electron chi connectivity index (χ0n) is 10.1. The van der Waals surface area contributed by atoms with Gasteiger partial charge in [0.2, 0.25) is 0 Å². The summed E-state index contributed by atoms with van der Waals surface area (Å²) in [5, 5.41) is 11.8. The number of aliphatic carboxylic acids is 1. The molecule has 2 rings (SSSR count). The molecule has 0 aliphatic rings. The molecule has 3 nitrogen and oxygen atoms in total. The summed E-state index contributed by atoms with van der Waals surface area (Å²) in [6, 6.07) is 7.62. The summed E-state index contributed by atoms with van der Waals surface area (Å²) in [4.78, 5) is 11.3. The Hall–Kier alpha value is -2.14. The van der Waals surface area contributed by atoms with E-state index in [1.54, 1.807) is 0 Å². The van der Waals surface area contributed by atoms with Gasteiger partial charge < -0.3 is 10.4 Å². The van der Waals surface area contributed by atoms with Gasteiger partial charge in [-0.1, -0.05) is 17.7 Å². The lowest BCUT2D eigenvalue weighted by atomic mass is 10.1. The van der Waals surface area contributed by atoms with E-state index in [-0.39, 0.29) is 10.6 Å². The van der Waals surface area contributed by atoms with E-state index in [4.69, 9.17) is 11.6 Å². The molecule has 0 bridgehead atoms. The fourth-order valence-electron chi connectivity index (χ4n) is 1.76. The summed E-state index contributed by atoms with van der Waals surface area (Å²) in [6.07, 6.45) is 0. The molecule has 0 heterocycles. The van der Waals surface area contributed by atoms with E-state index in [9.17, 15) is 18.7 Å². The minimum Gasteiger partial charge on any atom is -0.479 e. The standard InChI is InChI=1S/C14H10ClF2NO2/c15-10-2-1-3-11(17)12(10)13(14(19)20)18-9-6-4-8(16)5-7-9/h1-7,13,18H,(H,19,20). The minimum atomic E-state index is -1.37. The number of benzene rings is 2. The molecule has 0 aliphatic heterocycles. The lowest BCUT2D eigenvalue weighted by molar-refractivity contribution is -0.138. The Kier molecular flexibility index (Phi) is 4.20. The molecule has 2 aromatic rings. The van der Waals surface area contributed by atoms with Crippen LogP contribution in [0.3, 0.4) is 0 Å². The maximum Gasteiger partial charge on any atom is 0.330 e. The summed E-state index contributed by atoms with van der Waals surface area (Å²) in [5.74, 6) is -2.47. The predicted octanol–water partition coefficient (Wildman–Crippen LogP) is 3.86.